The van der Waals surface area contributed by atoms with Crippen LogP contribution in [0.15, 0.2) is 18.2 Å². The van der Waals surface area contributed by atoms with Gasteiger partial charge < -0.3 is 10.4 Å². The van der Waals surface area contributed by atoms with E-state index >= 15 is 0 Å². The van der Waals surface area contributed by atoms with Crippen LogP contribution in [0, 0.1) is 13.8 Å². The Kier molecular flexibility index (Phi) is 7.15. The number of benzene rings is 1. The molecule has 0 aliphatic carbocycles. The lowest BCUT2D eigenvalue weighted by atomic mass is 10.0. The van der Waals surface area contributed by atoms with Gasteiger partial charge in [-0.25, -0.2) is 0 Å². The number of hydrogen-bond acceptors (Lipinski definition) is 3. The minimum absolute atomic E-state index is 0.0147. The Morgan fingerprint density at radius 3 is 2.70 bits per heavy atom. The highest BCUT2D eigenvalue weighted by Gasteiger charge is 2.04. The van der Waals surface area contributed by atoms with E-state index in [4.69, 9.17) is 5.11 Å². The minimum atomic E-state index is -0.823. The van der Waals surface area contributed by atoms with Gasteiger partial charge >= 0.3 is 5.97 Å². The molecule has 0 saturated carbocycles. The van der Waals surface area contributed by atoms with Crippen LogP contribution in [0.2, 0.25) is 0 Å². The number of carbonyl (C=O) groups excluding carboxylic acids is 1. The van der Waals surface area contributed by atoms with Gasteiger partial charge in [0.05, 0.1) is 5.75 Å². The summed E-state index contributed by atoms with van der Waals surface area (Å²) < 4.78 is 0. The fourth-order valence-corrected chi connectivity index (χ4v) is 2.45. The van der Waals surface area contributed by atoms with E-state index in [9.17, 15) is 9.59 Å². The molecule has 0 saturated heterocycles. The Balaban J connectivity index is 2.21. The molecule has 110 valence electrons. The van der Waals surface area contributed by atoms with Crippen molar-refractivity contribution < 1.29 is 14.7 Å². The highest BCUT2D eigenvalue weighted by molar-refractivity contribution is 7.99. The van der Waals surface area contributed by atoms with E-state index < -0.39 is 5.97 Å². The molecule has 0 atom stereocenters. The first kappa shape index (κ1) is 16.6. The van der Waals surface area contributed by atoms with Crippen LogP contribution in [0.1, 0.15) is 23.1 Å². The maximum absolute atomic E-state index is 11.7. The summed E-state index contributed by atoms with van der Waals surface area (Å²) in [5.41, 5.74) is 3.65. The van der Waals surface area contributed by atoms with E-state index in [2.05, 4.69) is 37.4 Å². The molecule has 0 bridgehead atoms. The second-order valence-corrected chi connectivity index (χ2v) is 5.83. The summed E-state index contributed by atoms with van der Waals surface area (Å²) in [6.45, 7) is 4.63. The normalized spacial score (nSPS) is 10.3. The van der Waals surface area contributed by atoms with E-state index in [1.54, 1.807) is 0 Å². The molecule has 2 N–H and O–H groups in total. The molecule has 0 aliphatic heterocycles. The molecule has 5 heteroatoms. The number of aryl methyl sites for hydroxylation is 3. The van der Waals surface area contributed by atoms with Gasteiger partial charge in [0.1, 0.15) is 0 Å². The highest BCUT2D eigenvalue weighted by Crippen LogP contribution is 2.12. The number of rotatable bonds is 8. The number of amides is 1. The quantitative estimate of drug-likeness (QED) is 0.721. The average molecular weight is 295 g/mol. The van der Waals surface area contributed by atoms with Crippen molar-refractivity contribution in [3.05, 3.63) is 34.9 Å². The smallest absolute Gasteiger partial charge is 0.313 e. The number of carboxylic acids is 1. The van der Waals surface area contributed by atoms with Crippen LogP contribution in [-0.4, -0.2) is 35.0 Å². The standard InChI is InChI=1S/C15H21NO3S/c1-11-3-4-13(12(2)9-11)5-6-14(17)16-7-8-20-10-15(18)19/h3-4,9H,5-8,10H2,1-2H3,(H,16,17)(H,18,19). The van der Waals surface area contributed by atoms with Crippen molar-refractivity contribution >= 4 is 23.6 Å². The lowest BCUT2D eigenvalue weighted by Crippen LogP contribution is -2.26. The molecule has 0 fully saturated rings. The zero-order valence-electron chi connectivity index (χ0n) is 11.9. The Labute approximate surface area is 124 Å². The molecule has 1 amide bonds. The van der Waals surface area contributed by atoms with Crippen LogP contribution in [0.3, 0.4) is 0 Å². The third-order valence-corrected chi connectivity index (χ3v) is 3.86. The molecule has 0 aliphatic rings. The number of hydrogen-bond donors (Lipinski definition) is 2. The topological polar surface area (TPSA) is 66.4 Å². The maximum Gasteiger partial charge on any atom is 0.313 e. The molecule has 0 radical (unpaired) electrons. The van der Waals surface area contributed by atoms with Crippen LogP contribution < -0.4 is 5.32 Å². The van der Waals surface area contributed by atoms with Crippen LogP contribution in [-0.2, 0) is 16.0 Å². The van der Waals surface area contributed by atoms with Gasteiger partial charge in [-0.1, -0.05) is 23.8 Å². The van der Waals surface area contributed by atoms with Gasteiger partial charge in [0, 0.05) is 18.7 Å². The molecule has 20 heavy (non-hydrogen) atoms. The van der Waals surface area contributed by atoms with Crippen molar-refractivity contribution in [2.45, 2.75) is 26.7 Å². The average Bonchev–Trinajstić information content (AvgIpc) is 2.37. The number of carboxylic acid groups (broad SMARTS) is 1. The largest absolute Gasteiger partial charge is 0.481 e. The summed E-state index contributed by atoms with van der Waals surface area (Å²) in [4.78, 5) is 22.0. The molecule has 1 aromatic rings. The van der Waals surface area contributed by atoms with E-state index in [0.29, 0.717) is 18.7 Å². The van der Waals surface area contributed by atoms with Gasteiger partial charge in [-0.15, -0.1) is 11.8 Å². The van der Waals surface area contributed by atoms with E-state index in [1.807, 2.05) is 0 Å². The molecule has 0 heterocycles. The fourth-order valence-electron chi connectivity index (χ4n) is 1.88. The van der Waals surface area contributed by atoms with Gasteiger partial charge in [0.25, 0.3) is 0 Å². The first-order valence-electron chi connectivity index (χ1n) is 6.61. The summed E-state index contributed by atoms with van der Waals surface area (Å²) in [5.74, 6) is -0.0999. The maximum atomic E-state index is 11.7. The summed E-state index contributed by atoms with van der Waals surface area (Å²) >= 11 is 1.31. The SMILES string of the molecule is Cc1ccc(CCC(=O)NCCSCC(=O)O)c(C)c1. The van der Waals surface area contributed by atoms with Gasteiger partial charge in [0.2, 0.25) is 5.91 Å². The third kappa shape index (κ3) is 6.61. The predicted octanol–water partition coefficient (Wildman–Crippen LogP) is 2.17. The zero-order chi connectivity index (χ0) is 15.0. The van der Waals surface area contributed by atoms with Crippen molar-refractivity contribution in [2.75, 3.05) is 18.1 Å². The van der Waals surface area contributed by atoms with Gasteiger partial charge in [-0.05, 0) is 31.4 Å². The molecule has 1 aromatic carbocycles. The molecule has 0 spiro atoms. The predicted molar refractivity (Wildman–Crippen MR) is 82.2 cm³/mol. The van der Waals surface area contributed by atoms with Crippen LogP contribution in [0.25, 0.3) is 0 Å². The summed E-state index contributed by atoms with van der Waals surface area (Å²) in [7, 11) is 0. The van der Waals surface area contributed by atoms with Crippen LogP contribution in [0.5, 0.6) is 0 Å². The fraction of sp³-hybridized carbons (Fsp3) is 0.467. The monoisotopic (exact) mass is 295 g/mol. The number of aliphatic carboxylic acids is 1. The minimum Gasteiger partial charge on any atom is -0.481 e. The van der Waals surface area contributed by atoms with Gasteiger partial charge in [-0.3, -0.25) is 9.59 Å². The Hall–Kier alpha value is -1.49. The van der Waals surface area contributed by atoms with Crippen molar-refractivity contribution in [1.82, 2.24) is 5.32 Å². The van der Waals surface area contributed by atoms with Gasteiger partial charge in [0.15, 0.2) is 0 Å². The molecule has 1 rings (SSSR count). The first-order chi connectivity index (χ1) is 9.49. The van der Waals surface area contributed by atoms with E-state index in [1.165, 1.54) is 28.5 Å². The molecule has 0 aromatic heterocycles. The number of carbonyl (C=O) groups is 2. The summed E-state index contributed by atoms with van der Waals surface area (Å²) in [5, 5.41) is 11.3. The van der Waals surface area contributed by atoms with Crippen LogP contribution >= 0.6 is 11.8 Å². The molecule has 0 unspecified atom stereocenters. The number of thioether (sulfide) groups is 1. The lowest BCUT2D eigenvalue weighted by Gasteiger charge is -2.07. The summed E-state index contributed by atoms with van der Waals surface area (Å²) in [6.07, 6.45) is 1.20. The van der Waals surface area contributed by atoms with Crippen molar-refractivity contribution in [2.24, 2.45) is 0 Å². The number of nitrogens with one attached hydrogen (secondary N) is 1. The lowest BCUT2D eigenvalue weighted by molar-refractivity contribution is -0.133. The summed E-state index contributed by atoms with van der Waals surface area (Å²) in [6, 6.07) is 6.25. The van der Waals surface area contributed by atoms with Crippen molar-refractivity contribution in [3.63, 3.8) is 0 Å². The second-order valence-electron chi connectivity index (χ2n) is 4.73. The van der Waals surface area contributed by atoms with Crippen molar-refractivity contribution in [1.29, 1.82) is 0 Å². The zero-order valence-corrected chi connectivity index (χ0v) is 12.8. The Morgan fingerprint density at radius 1 is 1.30 bits per heavy atom. The molecular weight excluding hydrogens is 274 g/mol. The van der Waals surface area contributed by atoms with Crippen LogP contribution in [0.4, 0.5) is 0 Å². The molecule has 4 nitrogen and oxygen atoms in total. The van der Waals surface area contributed by atoms with Gasteiger partial charge in [-0.2, -0.15) is 0 Å². The van der Waals surface area contributed by atoms with E-state index in [-0.39, 0.29) is 11.7 Å². The molecular formula is C15H21NO3S. The second kappa shape index (κ2) is 8.64. The Bertz CT molecular complexity index is 474. The Morgan fingerprint density at radius 2 is 2.05 bits per heavy atom. The highest BCUT2D eigenvalue weighted by atomic mass is 32.2. The third-order valence-electron chi connectivity index (χ3n) is 2.91. The van der Waals surface area contributed by atoms with E-state index in [0.717, 1.165) is 6.42 Å². The van der Waals surface area contributed by atoms with Crippen molar-refractivity contribution in [3.8, 4) is 0 Å². The first-order valence-corrected chi connectivity index (χ1v) is 7.77.